The Bertz CT molecular complexity index is 738. The number of pyridine rings is 1. The summed E-state index contributed by atoms with van der Waals surface area (Å²) < 4.78 is 7.74. The fraction of sp³-hybridized carbons (Fsp3) is 0.300. The van der Waals surface area contributed by atoms with Crippen LogP contribution in [0.5, 0.6) is 0 Å². The molecule has 1 aromatic carbocycles. The highest BCUT2D eigenvalue weighted by Gasteiger charge is 2.14. The maximum atomic E-state index is 5.86. The van der Waals surface area contributed by atoms with Crippen molar-refractivity contribution in [3.63, 3.8) is 0 Å². The molecule has 130 valence electrons. The first kappa shape index (κ1) is 17.6. The van der Waals surface area contributed by atoms with Gasteiger partial charge in [0, 0.05) is 44.4 Å². The fourth-order valence-electron chi connectivity index (χ4n) is 2.57. The Balaban J connectivity index is 1.83. The zero-order valence-corrected chi connectivity index (χ0v) is 16.1. The molecule has 0 atom stereocenters. The molecule has 0 saturated heterocycles. The minimum Gasteiger partial charge on any atom is -0.360 e. The zero-order valence-electron chi connectivity index (χ0n) is 15.1. The molecular formula is C20H25N3OSi. The second-order valence-electron chi connectivity index (χ2n) is 7.39. The number of ether oxygens (including phenoxy) is 1. The molecule has 0 amide bonds. The molecule has 0 bridgehead atoms. The SMILES string of the molecule is C[Si](C)(C)CCOCn1cc(-c2ccccc2)c(-c2cccnc2)n1. The second-order valence-corrected chi connectivity index (χ2v) is 13.0. The lowest BCUT2D eigenvalue weighted by Crippen LogP contribution is -2.22. The average Bonchev–Trinajstić information content (AvgIpc) is 3.04. The van der Waals surface area contributed by atoms with Crippen LogP contribution in [0.4, 0.5) is 0 Å². The van der Waals surface area contributed by atoms with Crippen molar-refractivity contribution in [1.82, 2.24) is 14.8 Å². The van der Waals surface area contributed by atoms with Crippen LogP contribution in [-0.4, -0.2) is 29.4 Å². The number of nitrogens with zero attached hydrogens (tertiary/aromatic N) is 3. The molecule has 0 radical (unpaired) electrons. The molecule has 0 saturated carbocycles. The summed E-state index contributed by atoms with van der Waals surface area (Å²) in [5, 5.41) is 4.75. The van der Waals surface area contributed by atoms with E-state index in [0.717, 1.165) is 35.0 Å². The highest BCUT2D eigenvalue weighted by Crippen LogP contribution is 2.30. The quantitative estimate of drug-likeness (QED) is 0.448. The van der Waals surface area contributed by atoms with Gasteiger partial charge in [0.05, 0.1) is 0 Å². The van der Waals surface area contributed by atoms with Gasteiger partial charge in [0.2, 0.25) is 0 Å². The Morgan fingerprint density at radius 3 is 2.44 bits per heavy atom. The summed E-state index contributed by atoms with van der Waals surface area (Å²) in [6.45, 7) is 8.35. The van der Waals surface area contributed by atoms with Crippen molar-refractivity contribution >= 4 is 8.07 Å². The Labute approximate surface area is 150 Å². The Morgan fingerprint density at radius 2 is 1.76 bits per heavy atom. The van der Waals surface area contributed by atoms with Crippen molar-refractivity contribution in [2.75, 3.05) is 6.61 Å². The molecule has 0 N–H and O–H groups in total. The van der Waals surface area contributed by atoms with Gasteiger partial charge >= 0.3 is 0 Å². The minimum atomic E-state index is -1.07. The maximum Gasteiger partial charge on any atom is 0.139 e. The third-order valence-electron chi connectivity index (χ3n) is 4.00. The van der Waals surface area contributed by atoms with E-state index in [9.17, 15) is 0 Å². The molecule has 25 heavy (non-hydrogen) atoms. The van der Waals surface area contributed by atoms with Crippen LogP contribution in [0.3, 0.4) is 0 Å². The maximum absolute atomic E-state index is 5.86. The van der Waals surface area contributed by atoms with Crippen LogP contribution >= 0.6 is 0 Å². The lowest BCUT2D eigenvalue weighted by atomic mass is 10.0. The first-order valence-corrected chi connectivity index (χ1v) is 12.3. The van der Waals surface area contributed by atoms with Crippen LogP contribution in [0, 0.1) is 0 Å². The van der Waals surface area contributed by atoms with Crippen molar-refractivity contribution < 1.29 is 4.74 Å². The number of rotatable bonds is 7. The lowest BCUT2D eigenvalue weighted by Gasteiger charge is -2.15. The highest BCUT2D eigenvalue weighted by molar-refractivity contribution is 6.76. The van der Waals surface area contributed by atoms with Crippen molar-refractivity contribution in [2.45, 2.75) is 32.4 Å². The van der Waals surface area contributed by atoms with Crippen LogP contribution in [0.15, 0.2) is 61.1 Å². The van der Waals surface area contributed by atoms with Gasteiger partial charge in [-0.3, -0.25) is 4.98 Å². The minimum absolute atomic E-state index is 0.477. The average molecular weight is 352 g/mol. The van der Waals surface area contributed by atoms with Crippen LogP contribution in [0.25, 0.3) is 22.4 Å². The summed E-state index contributed by atoms with van der Waals surface area (Å²) in [5.41, 5.74) is 4.20. The largest absolute Gasteiger partial charge is 0.360 e. The predicted molar refractivity (Wildman–Crippen MR) is 105 cm³/mol. The van der Waals surface area contributed by atoms with E-state index in [1.165, 1.54) is 0 Å². The number of hydrogen-bond acceptors (Lipinski definition) is 3. The van der Waals surface area contributed by atoms with Crippen LogP contribution in [0.2, 0.25) is 25.7 Å². The van der Waals surface area contributed by atoms with E-state index < -0.39 is 8.07 Å². The van der Waals surface area contributed by atoms with Crippen molar-refractivity contribution in [3.8, 4) is 22.4 Å². The topological polar surface area (TPSA) is 39.9 Å². The summed E-state index contributed by atoms with van der Waals surface area (Å²) in [4.78, 5) is 4.23. The van der Waals surface area contributed by atoms with E-state index in [1.54, 1.807) is 6.20 Å². The van der Waals surface area contributed by atoms with Crippen molar-refractivity contribution in [3.05, 3.63) is 61.1 Å². The molecule has 3 rings (SSSR count). The van der Waals surface area contributed by atoms with E-state index in [0.29, 0.717) is 6.73 Å². The summed E-state index contributed by atoms with van der Waals surface area (Å²) in [7, 11) is -1.07. The lowest BCUT2D eigenvalue weighted by molar-refractivity contribution is 0.0788. The molecule has 0 fully saturated rings. The molecule has 4 nitrogen and oxygen atoms in total. The molecule has 5 heteroatoms. The van der Waals surface area contributed by atoms with Gasteiger partial charge in [-0.05, 0) is 23.7 Å². The molecule has 2 heterocycles. The number of benzene rings is 1. The van der Waals surface area contributed by atoms with E-state index in [-0.39, 0.29) is 0 Å². The smallest absolute Gasteiger partial charge is 0.139 e. The monoisotopic (exact) mass is 351 g/mol. The Hall–Kier alpha value is -2.24. The van der Waals surface area contributed by atoms with Gasteiger partial charge in [-0.2, -0.15) is 5.10 Å². The van der Waals surface area contributed by atoms with E-state index in [4.69, 9.17) is 9.84 Å². The van der Waals surface area contributed by atoms with Gasteiger partial charge in [-0.1, -0.05) is 50.0 Å². The van der Waals surface area contributed by atoms with Crippen molar-refractivity contribution in [2.24, 2.45) is 0 Å². The summed E-state index contributed by atoms with van der Waals surface area (Å²) in [5.74, 6) is 0. The third-order valence-corrected chi connectivity index (χ3v) is 5.71. The van der Waals surface area contributed by atoms with Crippen LogP contribution in [-0.2, 0) is 11.5 Å². The third kappa shape index (κ3) is 4.87. The zero-order chi connectivity index (χ0) is 17.7. The second kappa shape index (κ2) is 7.76. The van der Waals surface area contributed by atoms with E-state index >= 15 is 0 Å². The fourth-order valence-corrected chi connectivity index (χ4v) is 3.33. The van der Waals surface area contributed by atoms with Gasteiger partial charge in [-0.25, -0.2) is 4.68 Å². The summed E-state index contributed by atoms with van der Waals surface area (Å²) in [6, 6.07) is 15.5. The predicted octanol–water partition coefficient (Wildman–Crippen LogP) is 4.92. The molecule has 2 aromatic heterocycles. The molecule has 0 unspecified atom stereocenters. The summed E-state index contributed by atoms with van der Waals surface area (Å²) >= 11 is 0. The Kier molecular flexibility index (Phi) is 5.46. The molecule has 0 aliphatic carbocycles. The molecule has 0 aliphatic rings. The highest BCUT2D eigenvalue weighted by atomic mass is 28.3. The van der Waals surface area contributed by atoms with E-state index in [1.807, 2.05) is 41.2 Å². The molecule has 0 aliphatic heterocycles. The first-order valence-electron chi connectivity index (χ1n) is 8.64. The molecule has 0 spiro atoms. The van der Waals surface area contributed by atoms with E-state index in [2.05, 4.69) is 43.0 Å². The van der Waals surface area contributed by atoms with Gasteiger partial charge in [0.25, 0.3) is 0 Å². The first-order chi connectivity index (χ1) is 12.0. The van der Waals surface area contributed by atoms with Gasteiger partial charge in [-0.15, -0.1) is 0 Å². The molecular weight excluding hydrogens is 326 g/mol. The number of aromatic nitrogens is 3. The van der Waals surface area contributed by atoms with Crippen molar-refractivity contribution in [1.29, 1.82) is 0 Å². The summed E-state index contributed by atoms with van der Waals surface area (Å²) in [6.07, 6.45) is 5.69. The normalized spacial score (nSPS) is 11.6. The van der Waals surface area contributed by atoms with Gasteiger partial charge in [0.1, 0.15) is 12.4 Å². The van der Waals surface area contributed by atoms with Crippen LogP contribution in [0.1, 0.15) is 0 Å². The molecule has 3 aromatic rings. The Morgan fingerprint density at radius 1 is 1.00 bits per heavy atom. The van der Waals surface area contributed by atoms with Gasteiger partial charge < -0.3 is 4.74 Å². The number of hydrogen-bond donors (Lipinski definition) is 0. The van der Waals surface area contributed by atoms with Crippen LogP contribution < -0.4 is 0 Å². The van der Waals surface area contributed by atoms with Gasteiger partial charge in [0.15, 0.2) is 0 Å². The standard InChI is InChI=1S/C20H25N3OSi/c1-25(2,3)13-12-24-16-23-15-19(17-8-5-4-6-9-17)20(22-23)18-10-7-11-21-14-18/h4-11,14-15H,12-13,16H2,1-3H3.